The summed E-state index contributed by atoms with van der Waals surface area (Å²) in [4.78, 5) is 24.3. The van der Waals surface area contributed by atoms with Crippen LogP contribution in [-0.4, -0.2) is 53.4 Å². The molecule has 1 heterocycles. The van der Waals surface area contributed by atoms with Gasteiger partial charge in [-0.1, -0.05) is 0 Å². The number of hydrogen-bond donors (Lipinski definition) is 2. The number of aliphatic hydroxyl groups excluding tert-OH is 1. The van der Waals surface area contributed by atoms with E-state index in [0.717, 1.165) is 0 Å². The number of urea groups is 1. The van der Waals surface area contributed by atoms with E-state index in [1.54, 1.807) is 13.8 Å². The third kappa shape index (κ3) is 4.05. The number of anilines is 1. The molecule has 0 spiro atoms. The van der Waals surface area contributed by atoms with E-state index in [-0.39, 0.29) is 23.7 Å². The van der Waals surface area contributed by atoms with Gasteiger partial charge in [-0.25, -0.2) is 4.79 Å². The second-order valence-electron chi connectivity index (χ2n) is 5.26. The van der Waals surface area contributed by atoms with Crippen molar-refractivity contribution in [3.05, 3.63) is 22.2 Å². The molecule has 2 N–H and O–H groups in total. The van der Waals surface area contributed by atoms with Crippen molar-refractivity contribution in [1.29, 1.82) is 0 Å². The number of rotatable bonds is 6. The number of nitro benzene ring substituents is 1. The number of nitrogens with zero attached hydrogens (tertiary/aromatic N) is 2. The molecule has 2 amide bonds. The predicted molar refractivity (Wildman–Crippen MR) is 86.6 cm³/mol. The normalized spacial score (nSPS) is 16.8. The Morgan fingerprint density at radius 1 is 1.38 bits per heavy atom. The average molecular weight is 339 g/mol. The molecule has 1 atom stereocenters. The van der Waals surface area contributed by atoms with Crippen LogP contribution in [0.3, 0.4) is 0 Å². The van der Waals surface area contributed by atoms with Gasteiger partial charge in [0.2, 0.25) is 0 Å². The quantitative estimate of drug-likeness (QED) is 0.605. The van der Waals surface area contributed by atoms with Crippen molar-refractivity contribution < 1.29 is 24.3 Å². The summed E-state index contributed by atoms with van der Waals surface area (Å²) in [7, 11) is 0. The van der Waals surface area contributed by atoms with Gasteiger partial charge in [-0.2, -0.15) is 0 Å². The van der Waals surface area contributed by atoms with Crippen LogP contribution in [0.2, 0.25) is 0 Å². The maximum atomic E-state index is 12.2. The minimum Gasteiger partial charge on any atom is -0.490 e. The Balaban J connectivity index is 2.30. The Morgan fingerprint density at radius 3 is 2.50 bits per heavy atom. The third-order valence-electron chi connectivity index (χ3n) is 3.55. The van der Waals surface area contributed by atoms with E-state index in [1.807, 2.05) is 0 Å². The number of hydrogen-bond acceptors (Lipinski definition) is 6. The fourth-order valence-corrected chi connectivity index (χ4v) is 2.46. The molecular weight excluding hydrogens is 318 g/mol. The molecule has 0 radical (unpaired) electrons. The molecule has 132 valence electrons. The average Bonchev–Trinajstić information content (AvgIpc) is 2.96. The first-order valence-corrected chi connectivity index (χ1v) is 7.78. The zero-order valence-electron chi connectivity index (χ0n) is 13.7. The van der Waals surface area contributed by atoms with Gasteiger partial charge in [-0.3, -0.25) is 10.1 Å². The lowest BCUT2D eigenvalue weighted by atomic mass is 10.2. The number of aliphatic hydroxyl groups is 1. The summed E-state index contributed by atoms with van der Waals surface area (Å²) in [5.74, 6) is 0.572. The van der Waals surface area contributed by atoms with Crippen molar-refractivity contribution in [2.75, 3.05) is 31.6 Å². The summed E-state index contributed by atoms with van der Waals surface area (Å²) in [5.41, 5.74) is -0.256. The van der Waals surface area contributed by atoms with Gasteiger partial charge >= 0.3 is 6.03 Å². The molecule has 1 unspecified atom stereocenters. The molecule has 1 fully saturated rings. The van der Waals surface area contributed by atoms with E-state index in [2.05, 4.69) is 5.32 Å². The zero-order chi connectivity index (χ0) is 17.7. The van der Waals surface area contributed by atoms with Crippen molar-refractivity contribution in [3.63, 3.8) is 0 Å². The van der Waals surface area contributed by atoms with Crippen LogP contribution >= 0.6 is 0 Å². The molecule has 0 bridgehead atoms. The van der Waals surface area contributed by atoms with Crippen LogP contribution in [0.5, 0.6) is 11.5 Å². The van der Waals surface area contributed by atoms with Gasteiger partial charge in [0.25, 0.3) is 5.69 Å². The Labute approximate surface area is 139 Å². The summed E-state index contributed by atoms with van der Waals surface area (Å²) in [5, 5.41) is 23.3. The third-order valence-corrected chi connectivity index (χ3v) is 3.55. The maximum absolute atomic E-state index is 12.2. The number of β-amino-alcohol motifs (C(OH)–C–C–N with tert-alkyl or cyclic N) is 1. The minimum absolute atomic E-state index is 0.0262. The lowest BCUT2D eigenvalue weighted by Crippen LogP contribution is -2.33. The number of nitrogens with one attached hydrogen (secondary N) is 1. The summed E-state index contributed by atoms with van der Waals surface area (Å²) in [6.45, 7) is 4.82. The fourth-order valence-electron chi connectivity index (χ4n) is 2.46. The van der Waals surface area contributed by atoms with Crippen LogP contribution in [0.15, 0.2) is 12.1 Å². The van der Waals surface area contributed by atoms with E-state index in [9.17, 15) is 20.0 Å². The number of amides is 2. The molecule has 2 rings (SSSR count). The van der Waals surface area contributed by atoms with Crippen molar-refractivity contribution in [2.24, 2.45) is 0 Å². The number of benzene rings is 1. The Hall–Kier alpha value is -2.55. The highest BCUT2D eigenvalue weighted by atomic mass is 16.6. The van der Waals surface area contributed by atoms with Gasteiger partial charge in [-0.05, 0) is 20.3 Å². The van der Waals surface area contributed by atoms with Gasteiger partial charge in [-0.15, -0.1) is 0 Å². The van der Waals surface area contributed by atoms with Gasteiger partial charge < -0.3 is 24.8 Å². The number of nitro groups is 1. The van der Waals surface area contributed by atoms with E-state index in [1.165, 1.54) is 17.0 Å². The first-order valence-electron chi connectivity index (χ1n) is 7.78. The van der Waals surface area contributed by atoms with Crippen LogP contribution in [0, 0.1) is 10.1 Å². The summed E-state index contributed by atoms with van der Waals surface area (Å²) in [6.07, 6.45) is -0.0757. The van der Waals surface area contributed by atoms with Crippen LogP contribution in [0.25, 0.3) is 0 Å². The van der Waals surface area contributed by atoms with Crippen LogP contribution in [-0.2, 0) is 0 Å². The van der Waals surface area contributed by atoms with Gasteiger partial charge in [0.1, 0.15) is 5.69 Å². The van der Waals surface area contributed by atoms with Crippen molar-refractivity contribution in [3.8, 4) is 11.5 Å². The Bertz CT molecular complexity index is 621. The van der Waals surface area contributed by atoms with E-state index in [0.29, 0.717) is 31.9 Å². The van der Waals surface area contributed by atoms with Gasteiger partial charge in [0.05, 0.1) is 30.3 Å². The summed E-state index contributed by atoms with van der Waals surface area (Å²) in [6, 6.07) is 2.13. The van der Waals surface area contributed by atoms with Crippen LogP contribution in [0.1, 0.15) is 20.3 Å². The highest BCUT2D eigenvalue weighted by Gasteiger charge is 2.27. The monoisotopic (exact) mass is 339 g/mol. The molecule has 9 nitrogen and oxygen atoms in total. The molecular formula is C15H21N3O6. The SMILES string of the molecule is CCOc1cc(NC(=O)N2CCC(O)C2)c([N+](=O)[O-])cc1OCC. The summed E-state index contributed by atoms with van der Waals surface area (Å²) >= 11 is 0. The molecule has 9 heteroatoms. The molecule has 0 saturated carbocycles. The molecule has 1 aromatic carbocycles. The highest BCUT2D eigenvalue weighted by Crippen LogP contribution is 2.38. The molecule has 24 heavy (non-hydrogen) atoms. The molecule has 1 aliphatic heterocycles. The number of likely N-dealkylation sites (tertiary alicyclic amines) is 1. The first-order chi connectivity index (χ1) is 11.5. The molecule has 1 aliphatic rings. The number of carbonyl (C=O) groups excluding carboxylic acids is 1. The first kappa shape index (κ1) is 17.8. The minimum atomic E-state index is -0.591. The van der Waals surface area contributed by atoms with Gasteiger partial charge in [0, 0.05) is 19.2 Å². The number of carbonyl (C=O) groups is 1. The zero-order valence-corrected chi connectivity index (χ0v) is 13.7. The van der Waals surface area contributed by atoms with E-state index in [4.69, 9.17) is 9.47 Å². The molecule has 0 aliphatic carbocycles. The van der Waals surface area contributed by atoms with Crippen LogP contribution < -0.4 is 14.8 Å². The topological polar surface area (TPSA) is 114 Å². The molecule has 1 aromatic rings. The lowest BCUT2D eigenvalue weighted by Gasteiger charge is -2.18. The standard InChI is InChI=1S/C15H21N3O6/c1-3-23-13-7-11(12(18(21)22)8-14(13)24-4-2)16-15(20)17-6-5-10(19)9-17/h7-8,10,19H,3-6,9H2,1-2H3,(H,16,20). The van der Waals surface area contributed by atoms with E-state index < -0.39 is 17.1 Å². The van der Waals surface area contributed by atoms with Crippen molar-refractivity contribution >= 4 is 17.4 Å². The van der Waals surface area contributed by atoms with Crippen molar-refractivity contribution in [1.82, 2.24) is 4.90 Å². The second-order valence-corrected chi connectivity index (χ2v) is 5.26. The molecule has 1 saturated heterocycles. The van der Waals surface area contributed by atoms with Gasteiger partial charge in [0.15, 0.2) is 11.5 Å². The fraction of sp³-hybridized carbons (Fsp3) is 0.533. The second kappa shape index (κ2) is 7.82. The van der Waals surface area contributed by atoms with Crippen LogP contribution in [0.4, 0.5) is 16.2 Å². The predicted octanol–water partition coefficient (Wildman–Crippen LogP) is 1.99. The molecule has 0 aromatic heterocycles. The Kier molecular flexibility index (Phi) is 5.80. The largest absolute Gasteiger partial charge is 0.490 e. The number of ether oxygens (including phenoxy) is 2. The van der Waals surface area contributed by atoms with E-state index >= 15 is 0 Å². The Morgan fingerprint density at radius 2 is 2.00 bits per heavy atom. The van der Waals surface area contributed by atoms with Crippen molar-refractivity contribution in [2.45, 2.75) is 26.4 Å². The lowest BCUT2D eigenvalue weighted by molar-refractivity contribution is -0.384. The highest BCUT2D eigenvalue weighted by molar-refractivity contribution is 5.92. The summed E-state index contributed by atoms with van der Waals surface area (Å²) < 4.78 is 10.8. The smallest absolute Gasteiger partial charge is 0.322 e. The maximum Gasteiger partial charge on any atom is 0.322 e.